The van der Waals surface area contributed by atoms with Gasteiger partial charge in [-0.25, -0.2) is 4.98 Å². The molecule has 1 amide bonds. The molecule has 2 fully saturated rings. The van der Waals surface area contributed by atoms with Crippen molar-refractivity contribution in [2.75, 3.05) is 38.0 Å². The van der Waals surface area contributed by atoms with Crippen molar-refractivity contribution in [1.29, 1.82) is 0 Å². The maximum Gasteiger partial charge on any atom is 0.273 e. The van der Waals surface area contributed by atoms with Gasteiger partial charge in [-0.15, -0.1) is 11.3 Å². The van der Waals surface area contributed by atoms with Gasteiger partial charge in [-0.05, 0) is 24.3 Å². The normalized spacial score (nSPS) is 23.0. The second-order valence-electron chi connectivity index (χ2n) is 6.98. The lowest BCUT2D eigenvalue weighted by Gasteiger charge is -2.21. The minimum absolute atomic E-state index is 0.0874. The molecule has 2 aliphatic heterocycles. The first kappa shape index (κ1) is 16.5. The Bertz CT molecular complexity index is 718. The summed E-state index contributed by atoms with van der Waals surface area (Å²) < 4.78 is 0. The average molecular weight is 356 g/mol. The van der Waals surface area contributed by atoms with Crippen LogP contribution in [0.4, 0.5) is 5.13 Å². The summed E-state index contributed by atoms with van der Waals surface area (Å²) in [4.78, 5) is 21.6. The lowest BCUT2D eigenvalue weighted by molar-refractivity contribution is 0.0768. The predicted octanol–water partition coefficient (Wildman–Crippen LogP) is 2.78. The molecule has 3 heterocycles. The molecular weight excluding hydrogens is 332 g/mol. The van der Waals surface area contributed by atoms with Crippen LogP contribution < -0.4 is 5.32 Å². The number of likely N-dealkylation sites (tertiary alicyclic amines) is 2. The summed E-state index contributed by atoms with van der Waals surface area (Å²) in [5.41, 5.74) is 1.95. The molecule has 0 spiro atoms. The van der Waals surface area contributed by atoms with Gasteiger partial charge in [-0.2, -0.15) is 0 Å². The zero-order valence-corrected chi connectivity index (χ0v) is 15.3. The van der Waals surface area contributed by atoms with Crippen molar-refractivity contribution in [3.05, 3.63) is 47.0 Å². The Balaban J connectivity index is 1.33. The number of anilines is 1. The Labute approximate surface area is 152 Å². The standard InChI is InChI=1S/C19H24N4OS/c1-2-20-19-21-17(13-25-19)18(24)23-11-15-9-22(10-16(15)12-23)8-14-6-4-3-5-7-14/h3-7,13,15-16H,2,8-12H2,1H3,(H,20,21)/t15-,16+. The second kappa shape index (κ2) is 7.14. The number of carbonyl (C=O) groups is 1. The fraction of sp³-hybridized carbons (Fsp3) is 0.474. The first-order chi connectivity index (χ1) is 12.2. The number of hydrogen-bond donors (Lipinski definition) is 1. The van der Waals surface area contributed by atoms with E-state index in [9.17, 15) is 4.79 Å². The van der Waals surface area contributed by atoms with Crippen LogP contribution in [0.5, 0.6) is 0 Å². The predicted molar refractivity (Wildman–Crippen MR) is 101 cm³/mol. The highest BCUT2D eigenvalue weighted by molar-refractivity contribution is 7.13. The number of amides is 1. The zero-order chi connectivity index (χ0) is 17.2. The Kier molecular flexibility index (Phi) is 4.72. The van der Waals surface area contributed by atoms with Gasteiger partial charge in [0.25, 0.3) is 5.91 Å². The maximum absolute atomic E-state index is 12.7. The van der Waals surface area contributed by atoms with E-state index < -0.39 is 0 Å². The number of aromatic nitrogens is 1. The highest BCUT2D eigenvalue weighted by Gasteiger charge is 2.41. The molecule has 0 aliphatic carbocycles. The lowest BCUT2D eigenvalue weighted by Crippen LogP contribution is -2.33. The molecule has 4 rings (SSSR count). The number of nitrogens with one attached hydrogen (secondary N) is 1. The van der Waals surface area contributed by atoms with Crippen LogP contribution in [0.3, 0.4) is 0 Å². The van der Waals surface area contributed by atoms with Gasteiger partial charge in [0.05, 0.1) is 0 Å². The lowest BCUT2D eigenvalue weighted by atomic mass is 10.0. The SMILES string of the molecule is CCNc1nc(C(=O)N2C[C@H]3CN(Cc4ccccc4)C[C@H]3C2)cs1. The van der Waals surface area contributed by atoms with E-state index >= 15 is 0 Å². The van der Waals surface area contributed by atoms with Gasteiger partial charge in [-0.1, -0.05) is 30.3 Å². The monoisotopic (exact) mass is 356 g/mol. The Morgan fingerprint density at radius 3 is 2.60 bits per heavy atom. The summed E-state index contributed by atoms with van der Waals surface area (Å²) in [6, 6.07) is 10.6. The zero-order valence-electron chi connectivity index (χ0n) is 14.5. The van der Waals surface area contributed by atoms with E-state index in [1.807, 2.05) is 17.2 Å². The molecule has 2 aromatic rings. The van der Waals surface area contributed by atoms with Crippen LogP contribution in [0, 0.1) is 11.8 Å². The number of rotatable bonds is 5. The molecule has 25 heavy (non-hydrogen) atoms. The summed E-state index contributed by atoms with van der Waals surface area (Å²) in [6.45, 7) is 7.77. The molecule has 2 aliphatic rings. The number of carbonyl (C=O) groups excluding carboxylic acids is 1. The van der Waals surface area contributed by atoms with Crippen LogP contribution in [0.15, 0.2) is 35.7 Å². The fourth-order valence-electron chi connectivity index (χ4n) is 3.99. The third-order valence-corrected chi connectivity index (χ3v) is 5.95. The number of benzene rings is 1. The van der Waals surface area contributed by atoms with E-state index in [1.165, 1.54) is 16.9 Å². The van der Waals surface area contributed by atoms with Crippen molar-refractivity contribution in [3.63, 3.8) is 0 Å². The fourth-order valence-corrected chi connectivity index (χ4v) is 4.75. The molecule has 6 heteroatoms. The first-order valence-electron chi connectivity index (χ1n) is 8.98. The Morgan fingerprint density at radius 1 is 1.20 bits per heavy atom. The van der Waals surface area contributed by atoms with Gasteiger partial charge in [0.2, 0.25) is 0 Å². The Hall–Kier alpha value is -1.92. The van der Waals surface area contributed by atoms with Crippen molar-refractivity contribution in [2.24, 2.45) is 11.8 Å². The molecule has 132 valence electrons. The minimum atomic E-state index is 0.0874. The molecular formula is C19H24N4OS. The van der Waals surface area contributed by atoms with Crippen molar-refractivity contribution >= 4 is 22.4 Å². The van der Waals surface area contributed by atoms with Gasteiger partial charge in [0.1, 0.15) is 5.69 Å². The maximum atomic E-state index is 12.7. The molecule has 0 bridgehead atoms. The molecule has 2 atom stereocenters. The van der Waals surface area contributed by atoms with Crippen molar-refractivity contribution in [1.82, 2.24) is 14.8 Å². The van der Waals surface area contributed by atoms with Crippen molar-refractivity contribution in [2.45, 2.75) is 13.5 Å². The first-order valence-corrected chi connectivity index (χ1v) is 9.86. The number of thiazole rings is 1. The summed E-state index contributed by atoms with van der Waals surface area (Å²) in [6.07, 6.45) is 0. The second-order valence-corrected chi connectivity index (χ2v) is 7.84. The van der Waals surface area contributed by atoms with Gasteiger partial charge in [-0.3, -0.25) is 9.69 Å². The van der Waals surface area contributed by atoms with E-state index in [-0.39, 0.29) is 5.91 Å². The molecule has 1 aromatic carbocycles. The van der Waals surface area contributed by atoms with Crippen LogP contribution in [-0.4, -0.2) is 53.4 Å². The van der Waals surface area contributed by atoms with Crippen LogP contribution in [0.25, 0.3) is 0 Å². The third kappa shape index (κ3) is 3.55. The molecule has 1 aromatic heterocycles. The number of fused-ring (bicyclic) bond motifs is 1. The summed E-state index contributed by atoms with van der Waals surface area (Å²) in [5.74, 6) is 1.28. The van der Waals surface area contributed by atoms with E-state index in [4.69, 9.17) is 0 Å². The topological polar surface area (TPSA) is 48.5 Å². The number of nitrogens with zero attached hydrogens (tertiary/aromatic N) is 3. The van der Waals surface area contributed by atoms with Crippen molar-refractivity contribution < 1.29 is 4.79 Å². The van der Waals surface area contributed by atoms with Crippen molar-refractivity contribution in [3.8, 4) is 0 Å². The van der Waals surface area contributed by atoms with Gasteiger partial charge in [0.15, 0.2) is 5.13 Å². The third-order valence-electron chi connectivity index (χ3n) is 5.15. The summed E-state index contributed by atoms with van der Waals surface area (Å²) in [5, 5.41) is 5.88. The van der Waals surface area contributed by atoms with Crippen LogP contribution in [0.1, 0.15) is 23.0 Å². The van der Waals surface area contributed by atoms with Crippen LogP contribution in [-0.2, 0) is 6.54 Å². The van der Waals surface area contributed by atoms with Gasteiger partial charge < -0.3 is 10.2 Å². The molecule has 5 nitrogen and oxygen atoms in total. The quantitative estimate of drug-likeness (QED) is 0.895. The van der Waals surface area contributed by atoms with Gasteiger partial charge >= 0.3 is 0 Å². The minimum Gasteiger partial charge on any atom is -0.362 e. The van der Waals surface area contributed by atoms with Gasteiger partial charge in [0, 0.05) is 44.6 Å². The number of hydrogen-bond acceptors (Lipinski definition) is 5. The molecule has 0 saturated carbocycles. The highest BCUT2D eigenvalue weighted by atomic mass is 32.1. The van der Waals surface area contributed by atoms with E-state index in [1.54, 1.807) is 0 Å². The van der Waals surface area contributed by atoms with Crippen LogP contribution in [0.2, 0.25) is 0 Å². The smallest absolute Gasteiger partial charge is 0.273 e. The van der Waals surface area contributed by atoms with E-state index in [2.05, 4.69) is 45.5 Å². The van der Waals surface area contributed by atoms with E-state index in [0.717, 1.165) is 44.4 Å². The average Bonchev–Trinajstić information content (AvgIpc) is 3.30. The molecule has 0 radical (unpaired) electrons. The molecule has 2 saturated heterocycles. The molecule has 1 N–H and O–H groups in total. The molecule has 0 unspecified atom stereocenters. The highest BCUT2D eigenvalue weighted by Crippen LogP contribution is 2.33. The summed E-state index contributed by atoms with van der Waals surface area (Å²) >= 11 is 1.51. The van der Waals surface area contributed by atoms with E-state index in [0.29, 0.717) is 17.5 Å². The van der Waals surface area contributed by atoms with Crippen LogP contribution >= 0.6 is 11.3 Å². The summed E-state index contributed by atoms with van der Waals surface area (Å²) in [7, 11) is 0. The largest absolute Gasteiger partial charge is 0.362 e. The Morgan fingerprint density at radius 2 is 1.92 bits per heavy atom.